The van der Waals surface area contributed by atoms with Crippen molar-refractivity contribution in [3.05, 3.63) is 45.6 Å². The summed E-state index contributed by atoms with van der Waals surface area (Å²) < 4.78 is 5.34. The number of ketones is 1. The highest BCUT2D eigenvalue weighted by atomic mass is 35.5. The van der Waals surface area contributed by atoms with Gasteiger partial charge in [0.2, 0.25) is 5.78 Å². The van der Waals surface area contributed by atoms with Crippen molar-refractivity contribution >= 4 is 17.4 Å². The standard InChI is InChI=1S/C15H15ClN2O2/c1-10-3-4-11(7-13(10)16)15(19)12(8-17)14-9-20-6-5-18(14)2/h3-4,7H,5-6,9H2,1-2H3/b14-12-. The Balaban J connectivity index is 2.41. The lowest BCUT2D eigenvalue weighted by atomic mass is 10.0. The number of rotatable bonds is 2. The van der Waals surface area contributed by atoms with E-state index in [2.05, 4.69) is 0 Å². The molecule has 4 nitrogen and oxygen atoms in total. The first kappa shape index (κ1) is 14.6. The molecular weight excluding hydrogens is 276 g/mol. The number of nitrogens with zero attached hydrogens (tertiary/aromatic N) is 2. The lowest BCUT2D eigenvalue weighted by Gasteiger charge is -2.28. The second-order valence-corrected chi connectivity index (χ2v) is 5.11. The number of halogens is 1. The molecule has 0 bridgehead atoms. The van der Waals surface area contributed by atoms with E-state index in [0.29, 0.717) is 29.4 Å². The van der Waals surface area contributed by atoms with Crippen LogP contribution in [0.15, 0.2) is 29.5 Å². The molecule has 104 valence electrons. The Bertz CT molecular complexity index is 617. The van der Waals surface area contributed by atoms with Crippen molar-refractivity contribution in [1.82, 2.24) is 4.90 Å². The maximum absolute atomic E-state index is 12.5. The van der Waals surface area contributed by atoms with Gasteiger partial charge in [-0.2, -0.15) is 5.26 Å². The molecule has 1 saturated heterocycles. The van der Waals surface area contributed by atoms with E-state index in [0.717, 1.165) is 5.56 Å². The molecular formula is C15H15ClN2O2. The van der Waals surface area contributed by atoms with Gasteiger partial charge < -0.3 is 9.64 Å². The first-order valence-corrected chi connectivity index (χ1v) is 6.65. The first-order chi connectivity index (χ1) is 9.54. The molecule has 1 aliphatic heterocycles. The normalized spacial score (nSPS) is 17.6. The third-order valence-corrected chi connectivity index (χ3v) is 3.74. The third-order valence-electron chi connectivity index (χ3n) is 3.33. The first-order valence-electron chi connectivity index (χ1n) is 6.27. The van der Waals surface area contributed by atoms with Crippen LogP contribution in [0.4, 0.5) is 0 Å². The van der Waals surface area contributed by atoms with Crippen molar-refractivity contribution in [3.8, 4) is 6.07 Å². The lowest BCUT2D eigenvalue weighted by molar-refractivity contribution is 0.0810. The number of hydrogen-bond acceptors (Lipinski definition) is 4. The van der Waals surface area contributed by atoms with Crippen LogP contribution in [-0.4, -0.2) is 37.5 Å². The molecule has 0 amide bonds. The molecule has 0 N–H and O–H groups in total. The number of benzene rings is 1. The van der Waals surface area contributed by atoms with Gasteiger partial charge in [-0.3, -0.25) is 4.79 Å². The van der Waals surface area contributed by atoms with Crippen molar-refractivity contribution < 1.29 is 9.53 Å². The van der Waals surface area contributed by atoms with Gasteiger partial charge in [-0.1, -0.05) is 23.7 Å². The lowest BCUT2D eigenvalue weighted by Crippen LogP contribution is -2.33. The summed E-state index contributed by atoms with van der Waals surface area (Å²) in [7, 11) is 1.85. The van der Waals surface area contributed by atoms with Gasteiger partial charge in [0.15, 0.2) is 0 Å². The van der Waals surface area contributed by atoms with Gasteiger partial charge in [0.25, 0.3) is 0 Å². The van der Waals surface area contributed by atoms with Crippen molar-refractivity contribution in [3.63, 3.8) is 0 Å². The maximum Gasteiger partial charge on any atom is 0.205 e. The highest BCUT2D eigenvalue weighted by Gasteiger charge is 2.22. The molecule has 0 spiro atoms. The highest BCUT2D eigenvalue weighted by molar-refractivity contribution is 6.32. The Kier molecular flexibility index (Phi) is 4.43. The summed E-state index contributed by atoms with van der Waals surface area (Å²) >= 11 is 6.03. The van der Waals surface area contributed by atoms with Gasteiger partial charge >= 0.3 is 0 Å². The summed E-state index contributed by atoms with van der Waals surface area (Å²) in [6.07, 6.45) is 0. The fourth-order valence-electron chi connectivity index (χ4n) is 2.00. The Morgan fingerprint density at radius 3 is 2.85 bits per heavy atom. The minimum absolute atomic E-state index is 0.118. The second kappa shape index (κ2) is 6.08. The van der Waals surface area contributed by atoms with E-state index < -0.39 is 0 Å². The van der Waals surface area contributed by atoms with Crippen LogP contribution < -0.4 is 0 Å². The van der Waals surface area contributed by atoms with Crippen LogP contribution in [0.5, 0.6) is 0 Å². The van der Waals surface area contributed by atoms with Gasteiger partial charge in [0, 0.05) is 24.2 Å². The van der Waals surface area contributed by atoms with Crippen LogP contribution in [0.25, 0.3) is 0 Å². The Morgan fingerprint density at radius 2 is 2.25 bits per heavy atom. The van der Waals surface area contributed by atoms with Gasteiger partial charge in [-0.05, 0) is 18.6 Å². The third kappa shape index (κ3) is 2.84. The molecule has 0 radical (unpaired) electrons. The summed E-state index contributed by atoms with van der Waals surface area (Å²) in [6.45, 7) is 3.42. The molecule has 0 saturated carbocycles. The molecule has 1 fully saturated rings. The largest absolute Gasteiger partial charge is 0.373 e. The van der Waals surface area contributed by atoms with E-state index in [1.54, 1.807) is 18.2 Å². The van der Waals surface area contributed by atoms with Crippen LogP contribution in [0.2, 0.25) is 5.02 Å². The quantitative estimate of drug-likeness (QED) is 0.477. The van der Waals surface area contributed by atoms with E-state index in [4.69, 9.17) is 16.3 Å². The van der Waals surface area contributed by atoms with Gasteiger partial charge in [0.1, 0.15) is 11.6 Å². The Labute approximate surface area is 123 Å². The number of aryl methyl sites for hydroxylation is 1. The molecule has 20 heavy (non-hydrogen) atoms. The number of morpholine rings is 1. The summed E-state index contributed by atoms with van der Waals surface area (Å²) in [5, 5.41) is 9.83. The zero-order valence-corrected chi connectivity index (χ0v) is 12.2. The van der Waals surface area contributed by atoms with Crippen molar-refractivity contribution in [2.45, 2.75) is 6.92 Å². The highest BCUT2D eigenvalue weighted by Crippen LogP contribution is 2.21. The predicted molar refractivity (Wildman–Crippen MR) is 76.6 cm³/mol. The zero-order chi connectivity index (χ0) is 14.7. The molecule has 2 rings (SSSR count). The molecule has 0 aromatic heterocycles. The monoisotopic (exact) mass is 290 g/mol. The average Bonchev–Trinajstić information content (AvgIpc) is 2.44. The maximum atomic E-state index is 12.5. The van der Waals surface area contributed by atoms with Gasteiger partial charge in [-0.25, -0.2) is 0 Å². The summed E-state index contributed by atoms with van der Waals surface area (Å²) in [5.41, 5.74) is 2.06. The number of nitriles is 1. The fraction of sp³-hybridized carbons (Fsp3) is 0.333. The molecule has 5 heteroatoms. The van der Waals surface area contributed by atoms with Gasteiger partial charge in [-0.15, -0.1) is 0 Å². The predicted octanol–water partition coefficient (Wildman–Crippen LogP) is 2.57. The molecule has 0 atom stereocenters. The number of carbonyl (C=O) groups excluding carboxylic acids is 1. The number of carbonyl (C=O) groups is 1. The molecule has 1 aliphatic rings. The number of ether oxygens (including phenoxy) is 1. The van der Waals surface area contributed by atoms with Crippen molar-refractivity contribution in [1.29, 1.82) is 5.26 Å². The summed E-state index contributed by atoms with van der Waals surface area (Å²) in [5.74, 6) is -0.318. The van der Waals surface area contributed by atoms with Crippen LogP contribution in [-0.2, 0) is 4.74 Å². The van der Waals surface area contributed by atoms with Crippen LogP contribution in [0.3, 0.4) is 0 Å². The van der Waals surface area contributed by atoms with Crippen LogP contribution >= 0.6 is 11.6 Å². The Morgan fingerprint density at radius 1 is 1.50 bits per heavy atom. The molecule has 1 heterocycles. The minimum Gasteiger partial charge on any atom is -0.373 e. The van der Waals surface area contributed by atoms with Crippen molar-refractivity contribution in [2.75, 3.05) is 26.8 Å². The zero-order valence-electron chi connectivity index (χ0n) is 11.4. The average molecular weight is 291 g/mol. The summed E-state index contributed by atoms with van der Waals surface area (Å²) in [6, 6.07) is 7.06. The molecule has 1 aromatic rings. The van der Waals surface area contributed by atoms with E-state index in [1.165, 1.54) is 0 Å². The summed E-state index contributed by atoms with van der Waals surface area (Å²) in [4.78, 5) is 14.3. The fourth-order valence-corrected chi connectivity index (χ4v) is 2.18. The molecule has 0 aliphatic carbocycles. The van der Waals surface area contributed by atoms with Crippen LogP contribution in [0.1, 0.15) is 15.9 Å². The second-order valence-electron chi connectivity index (χ2n) is 4.70. The Hall–Kier alpha value is -1.83. The number of likely N-dealkylation sites (N-methyl/N-ethyl adjacent to an activating group) is 1. The van der Waals surface area contributed by atoms with E-state index in [1.807, 2.05) is 24.9 Å². The topological polar surface area (TPSA) is 53.3 Å². The number of hydrogen-bond donors (Lipinski definition) is 0. The van der Waals surface area contributed by atoms with Crippen LogP contribution in [0, 0.1) is 18.3 Å². The SMILES string of the molecule is Cc1ccc(C(=O)/C(C#N)=C2/COCCN2C)cc1Cl. The number of allylic oxidation sites excluding steroid dienone is 1. The van der Waals surface area contributed by atoms with Crippen molar-refractivity contribution in [2.24, 2.45) is 0 Å². The van der Waals surface area contributed by atoms with E-state index >= 15 is 0 Å². The van der Waals surface area contributed by atoms with Gasteiger partial charge in [0.05, 0.1) is 18.9 Å². The minimum atomic E-state index is -0.318. The van der Waals surface area contributed by atoms with E-state index in [-0.39, 0.29) is 18.0 Å². The van der Waals surface area contributed by atoms with E-state index in [9.17, 15) is 10.1 Å². The molecule has 0 unspecified atom stereocenters. The smallest absolute Gasteiger partial charge is 0.205 e. The molecule has 1 aromatic carbocycles. The number of Topliss-reactive ketones (excluding diaryl/α,β-unsaturated/α-hetero) is 1.